The molecule has 188 valence electrons. The number of rotatable bonds is 4. The maximum absolute atomic E-state index is 13.0. The molecule has 37 heavy (non-hydrogen) atoms. The molecule has 1 fully saturated rings. The van der Waals surface area contributed by atoms with Crippen LogP contribution in [0.15, 0.2) is 65.7 Å². The fourth-order valence-corrected chi connectivity index (χ4v) is 4.97. The molecular formula is C29H29ClN6O. The highest BCUT2D eigenvalue weighted by atomic mass is 35.5. The minimum Gasteiger partial charge on any atom is -0.368 e. The quantitative estimate of drug-likeness (QED) is 0.440. The first-order valence-electron chi connectivity index (χ1n) is 12.5. The molecule has 3 heterocycles. The van der Waals surface area contributed by atoms with Crippen LogP contribution in [0.2, 0.25) is 5.02 Å². The van der Waals surface area contributed by atoms with Crippen LogP contribution in [0, 0.1) is 11.3 Å². The topological polar surface area (TPSA) is 87.5 Å². The summed E-state index contributed by atoms with van der Waals surface area (Å²) in [5.74, 6) is 0.834. The van der Waals surface area contributed by atoms with E-state index in [9.17, 15) is 4.79 Å². The van der Waals surface area contributed by atoms with Crippen LogP contribution in [0.4, 0.5) is 10.6 Å². The average Bonchev–Trinajstić information content (AvgIpc) is 3.32. The molecule has 0 aliphatic carbocycles. The minimum atomic E-state index is -0.126. The van der Waals surface area contributed by atoms with E-state index >= 15 is 0 Å². The SMILES string of the molecule is C[C@H](NC(=O)N1CCN(/C2=C/CCC=Nc3[nH]c(-c4ccc(C#N)cc4)cc32)CC1)c1cccc(Cl)c1. The Balaban J connectivity index is 1.28. The van der Waals surface area contributed by atoms with Crippen molar-refractivity contribution < 1.29 is 4.79 Å². The monoisotopic (exact) mass is 512 g/mol. The number of benzene rings is 2. The number of amides is 2. The van der Waals surface area contributed by atoms with Crippen molar-refractivity contribution in [3.8, 4) is 17.3 Å². The third-order valence-electron chi connectivity index (χ3n) is 6.85. The fourth-order valence-electron chi connectivity index (χ4n) is 4.77. The van der Waals surface area contributed by atoms with Crippen molar-refractivity contribution in [2.24, 2.45) is 4.99 Å². The summed E-state index contributed by atoms with van der Waals surface area (Å²) in [7, 11) is 0. The molecule has 0 unspecified atom stereocenters. The molecule has 1 aromatic heterocycles. The van der Waals surface area contributed by atoms with E-state index in [1.54, 1.807) is 0 Å². The van der Waals surface area contributed by atoms with Crippen LogP contribution < -0.4 is 5.32 Å². The Bertz CT molecular complexity index is 1380. The normalized spacial score (nSPS) is 17.6. The number of hydrogen-bond acceptors (Lipinski definition) is 4. The van der Waals surface area contributed by atoms with Gasteiger partial charge in [-0.15, -0.1) is 0 Å². The highest BCUT2D eigenvalue weighted by molar-refractivity contribution is 6.30. The first-order chi connectivity index (χ1) is 18.0. The number of fused-ring (bicyclic) bond motifs is 1. The van der Waals surface area contributed by atoms with Gasteiger partial charge in [0.15, 0.2) is 0 Å². The molecule has 0 bridgehead atoms. The minimum absolute atomic E-state index is 0.0613. The Kier molecular flexibility index (Phi) is 7.29. The number of carbonyl (C=O) groups excluding carboxylic acids is 1. The second-order valence-electron chi connectivity index (χ2n) is 9.31. The zero-order valence-electron chi connectivity index (χ0n) is 20.7. The number of allylic oxidation sites excluding steroid dienone is 1. The number of nitrogens with one attached hydrogen (secondary N) is 2. The van der Waals surface area contributed by atoms with Crippen LogP contribution >= 0.6 is 11.6 Å². The lowest BCUT2D eigenvalue weighted by molar-refractivity contribution is 0.164. The molecule has 2 aliphatic heterocycles. The lowest BCUT2D eigenvalue weighted by atomic mass is 10.1. The third-order valence-corrected chi connectivity index (χ3v) is 7.08. The van der Waals surface area contributed by atoms with Crippen molar-refractivity contribution in [3.63, 3.8) is 0 Å². The smallest absolute Gasteiger partial charge is 0.317 e. The van der Waals surface area contributed by atoms with Crippen LogP contribution in [0.25, 0.3) is 17.0 Å². The Morgan fingerprint density at radius 2 is 1.89 bits per heavy atom. The van der Waals surface area contributed by atoms with Gasteiger partial charge in [0.2, 0.25) is 0 Å². The molecule has 1 saturated heterocycles. The first kappa shape index (κ1) is 24.7. The summed E-state index contributed by atoms with van der Waals surface area (Å²) in [6.45, 7) is 4.73. The number of aromatic amines is 1. The van der Waals surface area contributed by atoms with E-state index in [-0.39, 0.29) is 12.1 Å². The number of aromatic nitrogens is 1. The Hall–Kier alpha value is -4.02. The fraction of sp³-hybridized carbons (Fsp3) is 0.276. The lowest BCUT2D eigenvalue weighted by Gasteiger charge is -2.38. The number of nitrogens with zero attached hydrogens (tertiary/aromatic N) is 4. The largest absolute Gasteiger partial charge is 0.368 e. The van der Waals surface area contributed by atoms with Gasteiger partial charge in [-0.3, -0.25) is 0 Å². The van der Waals surface area contributed by atoms with E-state index in [1.165, 1.54) is 0 Å². The predicted octanol–water partition coefficient (Wildman–Crippen LogP) is 6.13. The zero-order chi connectivity index (χ0) is 25.8. The highest BCUT2D eigenvalue weighted by Crippen LogP contribution is 2.35. The maximum Gasteiger partial charge on any atom is 0.317 e. The van der Waals surface area contributed by atoms with Crippen LogP contribution in [-0.2, 0) is 0 Å². The first-order valence-corrected chi connectivity index (χ1v) is 12.9. The number of nitriles is 1. The molecule has 2 amide bonds. The Morgan fingerprint density at radius 1 is 1.11 bits per heavy atom. The van der Waals surface area contributed by atoms with Crippen LogP contribution in [-0.4, -0.2) is 53.2 Å². The van der Waals surface area contributed by atoms with Gasteiger partial charge in [0, 0.05) is 54.4 Å². The molecule has 5 rings (SSSR count). The van der Waals surface area contributed by atoms with Gasteiger partial charge in [0.05, 0.1) is 17.7 Å². The van der Waals surface area contributed by atoms with Gasteiger partial charge in [0.1, 0.15) is 5.82 Å². The van der Waals surface area contributed by atoms with Crippen molar-refractivity contribution in [1.82, 2.24) is 20.1 Å². The maximum atomic E-state index is 13.0. The number of H-pyrrole nitrogens is 1. The molecule has 8 heteroatoms. The summed E-state index contributed by atoms with van der Waals surface area (Å²) in [5.41, 5.74) is 5.80. The zero-order valence-corrected chi connectivity index (χ0v) is 21.5. The molecule has 0 radical (unpaired) electrons. The summed E-state index contributed by atoms with van der Waals surface area (Å²) >= 11 is 6.11. The van der Waals surface area contributed by atoms with E-state index in [4.69, 9.17) is 21.9 Å². The molecular weight excluding hydrogens is 484 g/mol. The number of hydrogen-bond donors (Lipinski definition) is 2. The van der Waals surface area contributed by atoms with Gasteiger partial charge >= 0.3 is 6.03 Å². The van der Waals surface area contributed by atoms with Crippen molar-refractivity contribution in [3.05, 3.63) is 82.4 Å². The van der Waals surface area contributed by atoms with Gasteiger partial charge in [-0.25, -0.2) is 9.79 Å². The van der Waals surface area contributed by atoms with E-state index in [2.05, 4.69) is 33.4 Å². The second-order valence-corrected chi connectivity index (χ2v) is 9.75. The van der Waals surface area contributed by atoms with E-state index in [0.29, 0.717) is 23.7 Å². The number of aliphatic imine (C=N–C) groups is 1. The standard InChI is InChI=1S/C29H29ClN6O/c1-20(23-5-4-6-24(30)17-23)33-29(37)36-15-13-35(14-16-36)27-7-2-3-12-32-28-25(27)18-26(34-28)22-10-8-21(19-31)9-11-22/h4-12,17-18,20,34H,2-3,13-16H2,1H3,(H,33,37)/b27-7+,32-12?/t20-/m0/s1. The molecule has 0 spiro atoms. The lowest BCUT2D eigenvalue weighted by Crippen LogP contribution is -2.51. The van der Waals surface area contributed by atoms with Crippen LogP contribution in [0.1, 0.15) is 42.5 Å². The van der Waals surface area contributed by atoms with E-state index in [1.807, 2.05) is 66.6 Å². The third kappa shape index (κ3) is 5.55. The van der Waals surface area contributed by atoms with Crippen molar-refractivity contribution in [2.45, 2.75) is 25.8 Å². The summed E-state index contributed by atoms with van der Waals surface area (Å²) in [6.07, 6.45) is 6.01. The molecule has 2 N–H and O–H groups in total. The number of piperazine rings is 1. The number of halogens is 1. The summed E-state index contributed by atoms with van der Waals surface area (Å²) in [6, 6.07) is 19.2. The number of carbonyl (C=O) groups is 1. The second kappa shape index (κ2) is 10.9. The molecule has 2 aliphatic rings. The van der Waals surface area contributed by atoms with Crippen molar-refractivity contribution in [2.75, 3.05) is 26.2 Å². The Labute approximate surface area is 222 Å². The predicted molar refractivity (Wildman–Crippen MR) is 148 cm³/mol. The van der Waals surface area contributed by atoms with E-state index < -0.39 is 0 Å². The van der Waals surface area contributed by atoms with Crippen molar-refractivity contribution >= 4 is 35.4 Å². The van der Waals surface area contributed by atoms with Gasteiger partial charge < -0.3 is 20.1 Å². The number of urea groups is 1. The van der Waals surface area contributed by atoms with Gasteiger partial charge in [-0.2, -0.15) is 5.26 Å². The van der Waals surface area contributed by atoms with Gasteiger partial charge in [0.25, 0.3) is 0 Å². The van der Waals surface area contributed by atoms with Gasteiger partial charge in [-0.05, 0) is 61.2 Å². The molecule has 7 nitrogen and oxygen atoms in total. The summed E-state index contributed by atoms with van der Waals surface area (Å²) in [5, 5.41) is 12.9. The van der Waals surface area contributed by atoms with Crippen molar-refractivity contribution in [1.29, 1.82) is 5.26 Å². The molecule has 0 saturated carbocycles. The molecule has 2 aromatic carbocycles. The average molecular weight is 513 g/mol. The van der Waals surface area contributed by atoms with Crippen LogP contribution in [0.3, 0.4) is 0 Å². The highest BCUT2D eigenvalue weighted by Gasteiger charge is 2.26. The van der Waals surface area contributed by atoms with Crippen LogP contribution in [0.5, 0.6) is 0 Å². The Morgan fingerprint density at radius 3 is 2.62 bits per heavy atom. The summed E-state index contributed by atoms with van der Waals surface area (Å²) in [4.78, 5) is 25.3. The van der Waals surface area contributed by atoms with E-state index in [0.717, 1.165) is 59.8 Å². The molecule has 1 atom stereocenters. The summed E-state index contributed by atoms with van der Waals surface area (Å²) < 4.78 is 0. The molecule has 3 aromatic rings. The van der Waals surface area contributed by atoms with Gasteiger partial charge in [-0.1, -0.05) is 41.9 Å².